The van der Waals surface area contributed by atoms with Crippen LogP contribution in [0.15, 0.2) is 24.3 Å². The average Bonchev–Trinajstić information content (AvgIpc) is 2.38. The highest BCUT2D eigenvalue weighted by Gasteiger charge is 2.29. The van der Waals surface area contributed by atoms with Gasteiger partial charge in [0, 0.05) is 16.1 Å². The van der Waals surface area contributed by atoms with Gasteiger partial charge >= 0.3 is 5.97 Å². The summed E-state index contributed by atoms with van der Waals surface area (Å²) in [6.45, 7) is 3.11. The average molecular weight is 316 g/mol. The molecule has 0 atom stereocenters. The molecule has 1 amide bonds. The summed E-state index contributed by atoms with van der Waals surface area (Å²) in [7, 11) is 1.26. The molecular formula is C14H15Cl2NO3. The Morgan fingerprint density at radius 2 is 1.95 bits per heavy atom. The number of halogens is 2. The van der Waals surface area contributed by atoms with E-state index in [1.54, 1.807) is 32.0 Å². The van der Waals surface area contributed by atoms with Crippen LogP contribution >= 0.6 is 23.2 Å². The fourth-order valence-electron chi connectivity index (χ4n) is 1.46. The lowest BCUT2D eigenvalue weighted by molar-refractivity contribution is -0.148. The third-order valence-electron chi connectivity index (χ3n) is 2.50. The first kappa shape index (κ1) is 16.5. The number of rotatable bonds is 4. The van der Waals surface area contributed by atoms with Gasteiger partial charge in [-0.15, -0.1) is 0 Å². The molecule has 0 aliphatic rings. The number of nitrogens with one attached hydrogen (secondary N) is 1. The highest BCUT2D eigenvalue weighted by Crippen LogP contribution is 2.21. The van der Waals surface area contributed by atoms with Crippen molar-refractivity contribution in [1.29, 1.82) is 0 Å². The van der Waals surface area contributed by atoms with Gasteiger partial charge < -0.3 is 10.1 Å². The molecule has 6 heteroatoms. The van der Waals surface area contributed by atoms with Crippen molar-refractivity contribution < 1.29 is 14.3 Å². The van der Waals surface area contributed by atoms with Gasteiger partial charge in [-0.2, -0.15) is 0 Å². The number of hydrogen-bond acceptors (Lipinski definition) is 3. The summed E-state index contributed by atoms with van der Waals surface area (Å²) >= 11 is 11.8. The summed E-state index contributed by atoms with van der Waals surface area (Å²) in [6, 6.07) is 4.93. The van der Waals surface area contributed by atoms with Crippen molar-refractivity contribution in [3.05, 3.63) is 39.9 Å². The zero-order valence-electron chi connectivity index (χ0n) is 11.4. The summed E-state index contributed by atoms with van der Waals surface area (Å²) in [6.07, 6.45) is 2.80. The number of carbonyl (C=O) groups is 2. The Morgan fingerprint density at radius 1 is 1.30 bits per heavy atom. The maximum Gasteiger partial charge on any atom is 0.330 e. The van der Waals surface area contributed by atoms with E-state index in [9.17, 15) is 9.59 Å². The Balaban J connectivity index is 2.78. The van der Waals surface area contributed by atoms with E-state index in [0.717, 1.165) is 0 Å². The van der Waals surface area contributed by atoms with E-state index in [1.165, 1.54) is 19.3 Å². The molecule has 108 valence electrons. The second-order valence-corrected chi connectivity index (χ2v) is 5.45. The van der Waals surface area contributed by atoms with Gasteiger partial charge in [0.25, 0.3) is 0 Å². The van der Waals surface area contributed by atoms with E-state index >= 15 is 0 Å². The molecule has 0 aromatic heterocycles. The third kappa shape index (κ3) is 4.54. The molecule has 0 unspecified atom stereocenters. The number of ether oxygens (including phenoxy) is 1. The van der Waals surface area contributed by atoms with Crippen molar-refractivity contribution in [1.82, 2.24) is 5.32 Å². The molecule has 0 spiro atoms. The normalized spacial score (nSPS) is 11.4. The van der Waals surface area contributed by atoms with Crippen LogP contribution < -0.4 is 5.32 Å². The molecule has 0 heterocycles. The lowest BCUT2D eigenvalue weighted by Crippen LogP contribution is -2.49. The standard InChI is InChI=1S/C14H15Cl2NO3/c1-14(2,13(19)20-3)17-12(18)7-4-9-8-10(15)5-6-11(9)16/h4-8H,1-3H3,(H,17,18). The van der Waals surface area contributed by atoms with Gasteiger partial charge in [-0.25, -0.2) is 4.79 Å². The van der Waals surface area contributed by atoms with Gasteiger partial charge in [-0.1, -0.05) is 23.2 Å². The van der Waals surface area contributed by atoms with Crippen molar-refractivity contribution in [2.75, 3.05) is 7.11 Å². The zero-order valence-corrected chi connectivity index (χ0v) is 12.9. The molecule has 1 aromatic rings. The minimum atomic E-state index is -1.10. The van der Waals surface area contributed by atoms with E-state index in [0.29, 0.717) is 15.6 Å². The van der Waals surface area contributed by atoms with E-state index in [1.807, 2.05) is 0 Å². The Morgan fingerprint density at radius 3 is 2.55 bits per heavy atom. The number of hydrogen-bond donors (Lipinski definition) is 1. The molecule has 1 N–H and O–H groups in total. The monoisotopic (exact) mass is 315 g/mol. The van der Waals surface area contributed by atoms with Crippen molar-refractivity contribution in [3.63, 3.8) is 0 Å². The second kappa shape index (κ2) is 6.77. The summed E-state index contributed by atoms with van der Waals surface area (Å²) in [4.78, 5) is 23.2. The van der Waals surface area contributed by atoms with Crippen LogP contribution in [0.3, 0.4) is 0 Å². The molecule has 0 saturated carbocycles. The van der Waals surface area contributed by atoms with Gasteiger partial charge in [0.05, 0.1) is 7.11 Å². The van der Waals surface area contributed by atoms with Crippen LogP contribution in [-0.2, 0) is 14.3 Å². The summed E-state index contributed by atoms with van der Waals surface area (Å²) < 4.78 is 4.60. The number of carbonyl (C=O) groups excluding carboxylic acids is 2. The van der Waals surface area contributed by atoms with Crippen LogP contribution in [0.4, 0.5) is 0 Å². The Hall–Kier alpha value is -1.52. The molecule has 20 heavy (non-hydrogen) atoms. The van der Waals surface area contributed by atoms with Crippen LogP contribution in [-0.4, -0.2) is 24.5 Å². The molecular weight excluding hydrogens is 301 g/mol. The maximum atomic E-state index is 11.8. The highest BCUT2D eigenvalue weighted by molar-refractivity contribution is 6.34. The fourth-order valence-corrected chi connectivity index (χ4v) is 1.82. The van der Waals surface area contributed by atoms with Crippen molar-refractivity contribution in [3.8, 4) is 0 Å². The van der Waals surface area contributed by atoms with Gasteiger partial charge in [0.2, 0.25) is 5.91 Å². The van der Waals surface area contributed by atoms with Crippen LogP contribution in [0.25, 0.3) is 6.08 Å². The Labute approximate surface area is 127 Å². The quantitative estimate of drug-likeness (QED) is 0.686. The first-order chi connectivity index (χ1) is 9.26. The summed E-state index contributed by atoms with van der Waals surface area (Å²) in [5, 5.41) is 3.53. The first-order valence-corrected chi connectivity index (χ1v) is 6.55. The first-order valence-electron chi connectivity index (χ1n) is 5.80. The molecule has 0 radical (unpaired) electrons. The van der Waals surface area contributed by atoms with Crippen LogP contribution in [0.2, 0.25) is 10.0 Å². The van der Waals surface area contributed by atoms with Gasteiger partial charge in [-0.3, -0.25) is 4.79 Å². The van der Waals surface area contributed by atoms with Gasteiger partial charge in [0.1, 0.15) is 5.54 Å². The third-order valence-corrected chi connectivity index (χ3v) is 3.08. The number of amides is 1. The Kier molecular flexibility index (Phi) is 5.60. The lowest BCUT2D eigenvalue weighted by Gasteiger charge is -2.22. The number of methoxy groups -OCH3 is 1. The second-order valence-electron chi connectivity index (χ2n) is 4.61. The molecule has 4 nitrogen and oxygen atoms in total. The van der Waals surface area contributed by atoms with E-state index in [-0.39, 0.29) is 0 Å². The van der Waals surface area contributed by atoms with Crippen LogP contribution in [0.5, 0.6) is 0 Å². The van der Waals surface area contributed by atoms with Crippen LogP contribution in [0, 0.1) is 0 Å². The van der Waals surface area contributed by atoms with E-state index in [2.05, 4.69) is 10.1 Å². The molecule has 0 aliphatic heterocycles. The number of benzene rings is 1. The molecule has 0 saturated heterocycles. The summed E-state index contributed by atoms with van der Waals surface area (Å²) in [5.74, 6) is -0.962. The minimum Gasteiger partial charge on any atom is -0.467 e. The van der Waals surface area contributed by atoms with Crippen molar-refractivity contribution >= 4 is 41.2 Å². The molecule has 1 rings (SSSR count). The molecule has 0 fully saturated rings. The van der Waals surface area contributed by atoms with E-state index in [4.69, 9.17) is 23.2 Å². The predicted molar refractivity (Wildman–Crippen MR) is 79.7 cm³/mol. The smallest absolute Gasteiger partial charge is 0.330 e. The van der Waals surface area contributed by atoms with Crippen molar-refractivity contribution in [2.45, 2.75) is 19.4 Å². The fraction of sp³-hybridized carbons (Fsp3) is 0.286. The largest absolute Gasteiger partial charge is 0.467 e. The van der Waals surface area contributed by atoms with Gasteiger partial charge in [0.15, 0.2) is 0 Å². The summed E-state index contributed by atoms with van der Waals surface area (Å²) in [5.41, 5.74) is -0.487. The number of esters is 1. The topological polar surface area (TPSA) is 55.4 Å². The minimum absolute atomic E-state index is 0.434. The van der Waals surface area contributed by atoms with Crippen LogP contribution in [0.1, 0.15) is 19.4 Å². The van der Waals surface area contributed by atoms with Gasteiger partial charge in [-0.05, 0) is 43.7 Å². The Bertz CT molecular complexity index is 553. The van der Waals surface area contributed by atoms with Crippen molar-refractivity contribution in [2.24, 2.45) is 0 Å². The zero-order chi connectivity index (χ0) is 15.3. The molecule has 1 aromatic carbocycles. The van der Waals surface area contributed by atoms with E-state index < -0.39 is 17.4 Å². The SMILES string of the molecule is COC(=O)C(C)(C)NC(=O)C=Cc1cc(Cl)ccc1Cl. The molecule has 0 bridgehead atoms. The molecule has 0 aliphatic carbocycles. The lowest BCUT2D eigenvalue weighted by atomic mass is 10.1. The predicted octanol–water partition coefficient (Wildman–Crippen LogP) is 3.07. The maximum absolute atomic E-state index is 11.8. The highest BCUT2D eigenvalue weighted by atomic mass is 35.5.